The van der Waals surface area contributed by atoms with Crippen molar-refractivity contribution in [3.05, 3.63) is 35.5 Å². The molecule has 24 heavy (non-hydrogen) atoms. The van der Waals surface area contributed by atoms with Crippen LogP contribution < -0.4 is 10.1 Å². The van der Waals surface area contributed by atoms with E-state index in [1.54, 1.807) is 25.6 Å². The Hall–Kier alpha value is -2.83. The molecule has 7 nitrogen and oxygen atoms in total. The Morgan fingerprint density at radius 3 is 2.92 bits per heavy atom. The number of esters is 1. The fraction of sp³-hybridized carbons (Fsp3) is 0.353. The van der Waals surface area contributed by atoms with Gasteiger partial charge >= 0.3 is 5.97 Å². The molecular formula is C17H19N3O4. The van der Waals surface area contributed by atoms with Crippen molar-refractivity contribution in [3.8, 4) is 17.0 Å². The van der Waals surface area contributed by atoms with Gasteiger partial charge < -0.3 is 14.8 Å². The van der Waals surface area contributed by atoms with Crippen molar-refractivity contribution in [3.63, 3.8) is 0 Å². The summed E-state index contributed by atoms with van der Waals surface area (Å²) in [5.41, 5.74) is 2.72. The van der Waals surface area contributed by atoms with Gasteiger partial charge in [-0.15, -0.1) is 0 Å². The zero-order valence-electron chi connectivity index (χ0n) is 13.8. The van der Waals surface area contributed by atoms with Crippen LogP contribution in [0.15, 0.2) is 24.3 Å². The van der Waals surface area contributed by atoms with Gasteiger partial charge in [0.25, 0.3) is 5.91 Å². The first-order chi connectivity index (χ1) is 11.5. The van der Waals surface area contributed by atoms with Crippen molar-refractivity contribution in [2.75, 3.05) is 6.61 Å². The summed E-state index contributed by atoms with van der Waals surface area (Å²) in [4.78, 5) is 24.2. The molecule has 0 saturated carbocycles. The molecule has 0 saturated heterocycles. The molecule has 1 N–H and O–H groups in total. The Bertz CT molecular complexity index is 797. The van der Waals surface area contributed by atoms with Crippen molar-refractivity contribution < 1.29 is 19.1 Å². The van der Waals surface area contributed by atoms with Gasteiger partial charge in [-0.3, -0.25) is 9.48 Å². The van der Waals surface area contributed by atoms with E-state index in [4.69, 9.17) is 9.47 Å². The van der Waals surface area contributed by atoms with Gasteiger partial charge in [0.15, 0.2) is 5.69 Å². The highest BCUT2D eigenvalue weighted by Gasteiger charge is 2.29. The van der Waals surface area contributed by atoms with Crippen LogP contribution in [-0.2, 0) is 23.2 Å². The molecule has 1 aliphatic heterocycles. The molecule has 1 aliphatic rings. The van der Waals surface area contributed by atoms with Crippen molar-refractivity contribution in [1.82, 2.24) is 15.1 Å². The van der Waals surface area contributed by atoms with Crippen molar-refractivity contribution in [2.45, 2.75) is 26.5 Å². The maximum atomic E-state index is 12.5. The smallest absolute Gasteiger partial charge is 0.328 e. The molecule has 0 spiro atoms. The second-order valence-electron chi connectivity index (χ2n) is 5.53. The van der Waals surface area contributed by atoms with Crippen LogP contribution >= 0.6 is 0 Å². The maximum absolute atomic E-state index is 12.5. The number of hydrogen-bond donors (Lipinski definition) is 1. The number of para-hydroxylation sites is 1. The minimum atomic E-state index is -0.744. The van der Waals surface area contributed by atoms with Crippen LogP contribution in [-0.4, -0.2) is 34.3 Å². The van der Waals surface area contributed by atoms with Crippen molar-refractivity contribution in [2.24, 2.45) is 7.05 Å². The van der Waals surface area contributed by atoms with E-state index in [0.717, 1.165) is 17.0 Å². The topological polar surface area (TPSA) is 82.5 Å². The third-order valence-electron chi connectivity index (χ3n) is 3.86. The Morgan fingerprint density at radius 1 is 1.42 bits per heavy atom. The van der Waals surface area contributed by atoms with Crippen LogP contribution in [0.5, 0.6) is 5.75 Å². The van der Waals surface area contributed by atoms with Gasteiger partial charge in [-0.2, -0.15) is 5.10 Å². The molecule has 0 aliphatic carbocycles. The molecule has 1 atom stereocenters. The van der Waals surface area contributed by atoms with Gasteiger partial charge in [-0.05, 0) is 26.0 Å². The summed E-state index contributed by atoms with van der Waals surface area (Å²) in [6, 6.07) is 6.87. The molecule has 1 aromatic heterocycles. The van der Waals surface area contributed by atoms with E-state index in [2.05, 4.69) is 10.4 Å². The number of benzene rings is 1. The van der Waals surface area contributed by atoms with Gasteiger partial charge in [-0.1, -0.05) is 12.1 Å². The average molecular weight is 329 g/mol. The zero-order chi connectivity index (χ0) is 17.3. The summed E-state index contributed by atoms with van der Waals surface area (Å²) in [6.07, 6.45) is 0. The van der Waals surface area contributed by atoms with E-state index in [1.165, 1.54) is 0 Å². The lowest BCUT2D eigenvalue weighted by Crippen LogP contribution is -2.40. The average Bonchev–Trinajstić information content (AvgIpc) is 2.92. The minimum Gasteiger partial charge on any atom is -0.488 e. The number of nitrogens with one attached hydrogen (secondary N) is 1. The molecule has 0 radical (unpaired) electrons. The van der Waals surface area contributed by atoms with Crippen LogP contribution in [0.1, 0.15) is 29.9 Å². The number of aryl methyl sites for hydroxylation is 1. The number of nitrogens with zero attached hydrogens (tertiary/aromatic N) is 2. The number of amides is 1. The van der Waals surface area contributed by atoms with Crippen LogP contribution in [0, 0.1) is 0 Å². The fourth-order valence-electron chi connectivity index (χ4n) is 2.75. The van der Waals surface area contributed by atoms with E-state index in [1.807, 2.05) is 24.3 Å². The summed E-state index contributed by atoms with van der Waals surface area (Å²) < 4.78 is 12.3. The molecule has 0 bridgehead atoms. The molecule has 0 fully saturated rings. The number of carbonyl (C=O) groups excluding carboxylic acids is 2. The van der Waals surface area contributed by atoms with Gasteiger partial charge in [0.2, 0.25) is 0 Å². The van der Waals surface area contributed by atoms with E-state index in [9.17, 15) is 9.59 Å². The Kier molecular flexibility index (Phi) is 4.24. The normalized spacial score (nSPS) is 13.3. The Balaban J connectivity index is 1.90. The number of carbonyl (C=O) groups is 2. The number of aromatic nitrogens is 2. The summed E-state index contributed by atoms with van der Waals surface area (Å²) >= 11 is 0. The number of rotatable bonds is 4. The lowest BCUT2D eigenvalue weighted by atomic mass is 10.0. The first-order valence-corrected chi connectivity index (χ1v) is 7.78. The summed E-state index contributed by atoms with van der Waals surface area (Å²) in [6.45, 7) is 3.83. The van der Waals surface area contributed by atoms with Gasteiger partial charge in [0.1, 0.15) is 18.4 Å². The van der Waals surface area contributed by atoms with Gasteiger partial charge in [0.05, 0.1) is 12.3 Å². The third kappa shape index (κ3) is 2.73. The maximum Gasteiger partial charge on any atom is 0.328 e. The number of hydrogen-bond acceptors (Lipinski definition) is 5. The molecule has 126 valence electrons. The minimum absolute atomic E-state index is 0.261. The van der Waals surface area contributed by atoms with Gasteiger partial charge in [-0.25, -0.2) is 4.79 Å². The van der Waals surface area contributed by atoms with E-state index < -0.39 is 17.9 Å². The largest absolute Gasteiger partial charge is 0.488 e. The standard InChI is InChI=1S/C17H19N3O4/c1-4-23-17(22)10(2)18-16(21)14-12-9-24-13-8-6-5-7-11(13)15(12)20(3)19-14/h5-8,10H,4,9H2,1-3H3,(H,18,21)/t10-/m1/s1. The van der Waals surface area contributed by atoms with Crippen molar-refractivity contribution in [1.29, 1.82) is 0 Å². The molecule has 2 aromatic rings. The van der Waals surface area contributed by atoms with Crippen LogP contribution in [0.3, 0.4) is 0 Å². The Morgan fingerprint density at radius 2 is 2.17 bits per heavy atom. The second kappa shape index (κ2) is 6.35. The van der Waals surface area contributed by atoms with E-state index in [-0.39, 0.29) is 18.9 Å². The molecular weight excluding hydrogens is 310 g/mol. The molecule has 2 heterocycles. The Labute approximate surface area is 139 Å². The highest BCUT2D eigenvalue weighted by Crippen LogP contribution is 2.38. The van der Waals surface area contributed by atoms with Crippen LogP contribution in [0.2, 0.25) is 0 Å². The molecule has 3 rings (SSSR count). The second-order valence-corrected chi connectivity index (χ2v) is 5.53. The lowest BCUT2D eigenvalue weighted by molar-refractivity contribution is -0.144. The predicted molar refractivity (Wildman–Crippen MR) is 86.5 cm³/mol. The zero-order valence-corrected chi connectivity index (χ0v) is 13.8. The first-order valence-electron chi connectivity index (χ1n) is 7.78. The summed E-state index contributed by atoms with van der Waals surface area (Å²) in [5.74, 6) is -0.132. The quantitative estimate of drug-likeness (QED) is 0.863. The number of ether oxygens (including phenoxy) is 2. The summed E-state index contributed by atoms with van der Waals surface area (Å²) in [5, 5.41) is 6.95. The van der Waals surface area contributed by atoms with E-state index >= 15 is 0 Å². The van der Waals surface area contributed by atoms with E-state index in [0.29, 0.717) is 5.56 Å². The van der Waals surface area contributed by atoms with Gasteiger partial charge in [0, 0.05) is 18.2 Å². The summed E-state index contributed by atoms with van der Waals surface area (Å²) in [7, 11) is 1.78. The molecule has 1 amide bonds. The van der Waals surface area contributed by atoms with Crippen LogP contribution in [0.4, 0.5) is 0 Å². The first kappa shape index (κ1) is 16.0. The SMILES string of the molecule is CCOC(=O)[C@@H](C)NC(=O)c1nn(C)c2c1COc1ccccc1-2. The highest BCUT2D eigenvalue weighted by atomic mass is 16.5. The monoisotopic (exact) mass is 329 g/mol. The van der Waals surface area contributed by atoms with Crippen LogP contribution in [0.25, 0.3) is 11.3 Å². The number of fused-ring (bicyclic) bond motifs is 3. The lowest BCUT2D eigenvalue weighted by Gasteiger charge is -2.18. The molecule has 1 aromatic carbocycles. The predicted octanol–water partition coefficient (Wildman–Crippen LogP) is 1.66. The van der Waals surface area contributed by atoms with Crippen molar-refractivity contribution >= 4 is 11.9 Å². The molecule has 0 unspecified atom stereocenters. The highest BCUT2D eigenvalue weighted by molar-refractivity contribution is 5.98. The fourth-order valence-corrected chi connectivity index (χ4v) is 2.75. The molecule has 7 heteroatoms. The third-order valence-corrected chi connectivity index (χ3v) is 3.86.